The summed E-state index contributed by atoms with van der Waals surface area (Å²) in [5.74, 6) is -2.29. The van der Waals surface area contributed by atoms with Gasteiger partial charge in [-0.25, -0.2) is 9.78 Å². The number of carboxylic acid groups (broad SMARTS) is 2. The average molecular weight is 224 g/mol. The summed E-state index contributed by atoms with van der Waals surface area (Å²) < 4.78 is 0. The number of carboxylic acids is 2. The maximum Gasteiger partial charge on any atom is 0.354 e. The summed E-state index contributed by atoms with van der Waals surface area (Å²) in [6.07, 6.45) is 1.36. The Balaban J connectivity index is 2.94. The molecule has 0 radical (unpaired) electrons. The third-order valence-corrected chi connectivity index (χ3v) is 2.10. The SMILES string of the molecule is C[C@](N)(Cc1ccnc(C(=O)O)c1)C(=O)O. The van der Waals surface area contributed by atoms with Crippen molar-refractivity contribution in [1.82, 2.24) is 4.98 Å². The Morgan fingerprint density at radius 2 is 2.12 bits per heavy atom. The minimum atomic E-state index is -1.42. The number of carbonyl (C=O) groups is 2. The molecule has 1 atom stereocenters. The van der Waals surface area contributed by atoms with E-state index in [4.69, 9.17) is 15.9 Å². The summed E-state index contributed by atoms with van der Waals surface area (Å²) in [4.78, 5) is 25.1. The molecule has 0 aromatic carbocycles. The number of aliphatic carboxylic acids is 1. The molecule has 1 rings (SSSR count). The van der Waals surface area contributed by atoms with Crippen molar-refractivity contribution in [3.8, 4) is 0 Å². The van der Waals surface area contributed by atoms with E-state index in [9.17, 15) is 9.59 Å². The number of hydrogen-bond acceptors (Lipinski definition) is 4. The zero-order valence-electron chi connectivity index (χ0n) is 8.67. The molecular formula is C10H12N2O4. The Morgan fingerprint density at radius 3 is 2.62 bits per heavy atom. The zero-order valence-corrected chi connectivity index (χ0v) is 8.67. The Kier molecular flexibility index (Phi) is 3.24. The van der Waals surface area contributed by atoms with Crippen LogP contribution in [-0.2, 0) is 11.2 Å². The summed E-state index contributed by atoms with van der Waals surface area (Å²) in [6.45, 7) is 1.37. The largest absolute Gasteiger partial charge is 0.480 e. The van der Waals surface area contributed by atoms with Crippen LogP contribution in [-0.4, -0.2) is 32.7 Å². The van der Waals surface area contributed by atoms with E-state index in [0.717, 1.165) is 0 Å². The van der Waals surface area contributed by atoms with E-state index in [1.807, 2.05) is 0 Å². The van der Waals surface area contributed by atoms with E-state index < -0.39 is 17.5 Å². The molecule has 0 saturated carbocycles. The topological polar surface area (TPSA) is 114 Å². The van der Waals surface area contributed by atoms with Gasteiger partial charge in [0.15, 0.2) is 0 Å². The molecular weight excluding hydrogens is 212 g/mol. The van der Waals surface area contributed by atoms with Crippen molar-refractivity contribution < 1.29 is 19.8 Å². The average Bonchev–Trinajstić information content (AvgIpc) is 2.17. The van der Waals surface area contributed by atoms with E-state index in [0.29, 0.717) is 5.56 Å². The fourth-order valence-electron chi connectivity index (χ4n) is 1.20. The van der Waals surface area contributed by atoms with Gasteiger partial charge in [0.05, 0.1) is 0 Å². The van der Waals surface area contributed by atoms with Crippen molar-refractivity contribution in [2.45, 2.75) is 18.9 Å². The Hall–Kier alpha value is -1.95. The van der Waals surface area contributed by atoms with Crippen LogP contribution in [0.2, 0.25) is 0 Å². The number of nitrogens with zero attached hydrogens (tertiary/aromatic N) is 1. The third kappa shape index (κ3) is 2.77. The fourth-order valence-corrected chi connectivity index (χ4v) is 1.20. The number of nitrogens with two attached hydrogens (primary N) is 1. The minimum Gasteiger partial charge on any atom is -0.480 e. The first-order valence-electron chi connectivity index (χ1n) is 4.53. The molecule has 0 aliphatic rings. The first-order valence-corrected chi connectivity index (χ1v) is 4.53. The van der Waals surface area contributed by atoms with Crippen LogP contribution in [0.15, 0.2) is 18.3 Å². The number of aromatic carboxylic acids is 1. The molecule has 4 N–H and O–H groups in total. The molecule has 0 aliphatic heterocycles. The van der Waals surface area contributed by atoms with E-state index in [1.54, 1.807) is 6.07 Å². The third-order valence-electron chi connectivity index (χ3n) is 2.10. The van der Waals surface area contributed by atoms with Crippen LogP contribution in [0.4, 0.5) is 0 Å². The van der Waals surface area contributed by atoms with E-state index in [1.165, 1.54) is 19.2 Å². The van der Waals surface area contributed by atoms with Gasteiger partial charge in [-0.2, -0.15) is 0 Å². The normalized spacial score (nSPS) is 14.1. The first kappa shape index (κ1) is 12.1. The Bertz CT molecular complexity index is 429. The van der Waals surface area contributed by atoms with Crippen molar-refractivity contribution in [2.24, 2.45) is 5.73 Å². The molecule has 16 heavy (non-hydrogen) atoms. The number of hydrogen-bond donors (Lipinski definition) is 3. The monoisotopic (exact) mass is 224 g/mol. The molecule has 1 aromatic rings. The van der Waals surface area contributed by atoms with E-state index in [2.05, 4.69) is 4.98 Å². The van der Waals surface area contributed by atoms with Crippen molar-refractivity contribution in [3.63, 3.8) is 0 Å². The lowest BCUT2D eigenvalue weighted by Crippen LogP contribution is -2.46. The lowest BCUT2D eigenvalue weighted by atomic mass is 9.94. The van der Waals surface area contributed by atoms with Gasteiger partial charge >= 0.3 is 11.9 Å². The quantitative estimate of drug-likeness (QED) is 0.669. The lowest BCUT2D eigenvalue weighted by molar-refractivity contribution is -0.142. The summed E-state index contributed by atoms with van der Waals surface area (Å²) >= 11 is 0. The Labute approximate surface area is 91.7 Å². The molecule has 0 spiro atoms. The molecule has 0 aliphatic carbocycles. The summed E-state index contributed by atoms with van der Waals surface area (Å²) in [7, 11) is 0. The smallest absolute Gasteiger partial charge is 0.354 e. The highest BCUT2D eigenvalue weighted by molar-refractivity contribution is 5.85. The number of aromatic nitrogens is 1. The van der Waals surface area contributed by atoms with E-state index >= 15 is 0 Å². The second-order valence-corrected chi connectivity index (χ2v) is 3.75. The predicted octanol–water partition coefficient (Wildman–Crippen LogP) is 0.124. The molecule has 6 heteroatoms. The highest BCUT2D eigenvalue weighted by Crippen LogP contribution is 2.11. The first-order chi connectivity index (χ1) is 7.33. The van der Waals surface area contributed by atoms with Gasteiger partial charge in [-0.05, 0) is 24.6 Å². The van der Waals surface area contributed by atoms with Gasteiger partial charge in [-0.15, -0.1) is 0 Å². The van der Waals surface area contributed by atoms with Crippen molar-refractivity contribution >= 4 is 11.9 Å². The molecule has 0 amide bonds. The predicted molar refractivity (Wildman–Crippen MR) is 55.1 cm³/mol. The number of pyridine rings is 1. The van der Waals surface area contributed by atoms with Gasteiger partial charge in [0, 0.05) is 12.6 Å². The van der Waals surface area contributed by atoms with Crippen LogP contribution in [0.1, 0.15) is 23.0 Å². The molecule has 0 saturated heterocycles. The summed E-state index contributed by atoms with van der Waals surface area (Å²) in [5, 5.41) is 17.5. The van der Waals surface area contributed by atoms with Gasteiger partial charge in [-0.1, -0.05) is 0 Å². The minimum absolute atomic E-state index is 0.0468. The van der Waals surface area contributed by atoms with Crippen molar-refractivity contribution in [3.05, 3.63) is 29.6 Å². The zero-order chi connectivity index (χ0) is 12.3. The molecule has 86 valence electrons. The molecule has 0 unspecified atom stereocenters. The standard InChI is InChI=1S/C10H12N2O4/c1-10(11,9(15)16)5-6-2-3-12-7(4-6)8(13)14/h2-4H,5,11H2,1H3,(H,13,14)(H,15,16)/t10-/m0/s1. The molecule has 0 fully saturated rings. The van der Waals surface area contributed by atoms with E-state index in [-0.39, 0.29) is 12.1 Å². The van der Waals surface area contributed by atoms with Gasteiger partial charge in [0.2, 0.25) is 0 Å². The molecule has 1 aromatic heterocycles. The van der Waals surface area contributed by atoms with Gasteiger partial charge < -0.3 is 15.9 Å². The maximum absolute atomic E-state index is 10.8. The number of rotatable bonds is 4. The van der Waals surface area contributed by atoms with Crippen LogP contribution in [0.5, 0.6) is 0 Å². The van der Waals surface area contributed by atoms with Crippen LogP contribution in [0.3, 0.4) is 0 Å². The maximum atomic E-state index is 10.8. The van der Waals surface area contributed by atoms with Gasteiger partial charge in [0.1, 0.15) is 11.2 Å². The second kappa shape index (κ2) is 4.28. The highest BCUT2D eigenvalue weighted by Gasteiger charge is 2.28. The lowest BCUT2D eigenvalue weighted by Gasteiger charge is -2.18. The summed E-state index contributed by atoms with van der Waals surface area (Å²) in [6, 6.07) is 2.86. The Morgan fingerprint density at radius 1 is 1.50 bits per heavy atom. The second-order valence-electron chi connectivity index (χ2n) is 3.75. The fraction of sp³-hybridized carbons (Fsp3) is 0.300. The molecule has 1 heterocycles. The summed E-state index contributed by atoms with van der Waals surface area (Å²) in [5.41, 5.74) is 4.53. The van der Waals surface area contributed by atoms with Crippen LogP contribution >= 0.6 is 0 Å². The van der Waals surface area contributed by atoms with Crippen molar-refractivity contribution in [1.29, 1.82) is 0 Å². The molecule has 0 bridgehead atoms. The van der Waals surface area contributed by atoms with Gasteiger partial charge in [0.25, 0.3) is 0 Å². The van der Waals surface area contributed by atoms with Gasteiger partial charge in [-0.3, -0.25) is 4.79 Å². The van der Waals surface area contributed by atoms with Crippen LogP contribution < -0.4 is 5.73 Å². The van der Waals surface area contributed by atoms with Crippen LogP contribution in [0.25, 0.3) is 0 Å². The highest BCUT2D eigenvalue weighted by atomic mass is 16.4. The van der Waals surface area contributed by atoms with Crippen LogP contribution in [0, 0.1) is 0 Å². The van der Waals surface area contributed by atoms with Crippen molar-refractivity contribution in [2.75, 3.05) is 0 Å². The molecule has 6 nitrogen and oxygen atoms in total.